The number of aryl methyl sites for hydroxylation is 1. The molecule has 0 amide bonds. The molecule has 1 aliphatic carbocycles. The number of rotatable bonds is 5. The number of nitrogens with two attached hydrogens (primary N) is 1. The van der Waals surface area contributed by atoms with Gasteiger partial charge in [-0.05, 0) is 42.7 Å². The summed E-state index contributed by atoms with van der Waals surface area (Å²) in [6, 6.07) is 5.36. The number of sulfone groups is 1. The Kier molecular flexibility index (Phi) is 5.24. The van der Waals surface area contributed by atoms with Crippen molar-refractivity contribution in [2.45, 2.75) is 44.1 Å². The van der Waals surface area contributed by atoms with E-state index >= 15 is 0 Å². The van der Waals surface area contributed by atoms with Gasteiger partial charge in [-0.3, -0.25) is 4.99 Å². The van der Waals surface area contributed by atoms with Crippen molar-refractivity contribution in [3.8, 4) is 5.88 Å². The van der Waals surface area contributed by atoms with Gasteiger partial charge in [0.15, 0.2) is 22.3 Å². The molecule has 12 heteroatoms. The van der Waals surface area contributed by atoms with Gasteiger partial charge in [-0.2, -0.15) is 0 Å². The average molecular weight is 499 g/mol. The first-order valence-electron chi connectivity index (χ1n) is 10.8. The van der Waals surface area contributed by atoms with Gasteiger partial charge in [-0.1, -0.05) is 12.1 Å². The largest absolute Gasteiger partial charge is 0.466 e. The van der Waals surface area contributed by atoms with E-state index in [1.54, 1.807) is 32.9 Å². The Bertz CT molecular complexity index is 1480. The Morgan fingerprint density at radius 2 is 2.06 bits per heavy atom. The molecule has 1 atom stereocenters. The van der Waals surface area contributed by atoms with Crippen LogP contribution < -0.4 is 10.5 Å². The standard InChI is InChI=1S/C23H23FN6O4S/c1-13-29-30-20(34-13)11-33-19-10-26-18(9-27-19)17(24)7-14-4-5-15-8-23(16(15)6-14)12-35(31,32)22(2,3)21(25)28-23/h4-7,9-10H,8,11-12H2,1-3H3,(H2,25,28)/b17-7-/t23-/m0/s1. The minimum atomic E-state index is -3.51. The van der Waals surface area contributed by atoms with Gasteiger partial charge < -0.3 is 14.9 Å². The highest BCUT2D eigenvalue weighted by molar-refractivity contribution is 7.93. The molecule has 3 aromatic rings. The topological polar surface area (TPSA) is 146 Å². The van der Waals surface area contributed by atoms with Gasteiger partial charge in [-0.25, -0.2) is 22.8 Å². The summed E-state index contributed by atoms with van der Waals surface area (Å²) in [6.45, 7) is 4.81. The molecule has 1 aromatic carbocycles. The molecule has 3 heterocycles. The van der Waals surface area contributed by atoms with E-state index in [9.17, 15) is 12.8 Å². The highest BCUT2D eigenvalue weighted by Crippen LogP contribution is 2.48. The molecule has 0 saturated heterocycles. The quantitative estimate of drug-likeness (QED) is 0.560. The molecular formula is C23H23FN6O4S. The van der Waals surface area contributed by atoms with Crippen molar-refractivity contribution in [1.29, 1.82) is 0 Å². The number of aromatic nitrogens is 4. The van der Waals surface area contributed by atoms with Gasteiger partial charge in [-0.15, -0.1) is 10.2 Å². The summed E-state index contributed by atoms with van der Waals surface area (Å²) in [5.74, 6) is 0.240. The molecule has 2 aromatic heterocycles. The monoisotopic (exact) mass is 498 g/mol. The Labute approximate surface area is 201 Å². The fourth-order valence-corrected chi connectivity index (χ4v) is 5.80. The molecule has 0 bridgehead atoms. The number of amidine groups is 1. The number of halogens is 1. The van der Waals surface area contributed by atoms with Crippen LogP contribution >= 0.6 is 0 Å². The molecule has 0 fully saturated rings. The van der Waals surface area contributed by atoms with Crippen molar-refractivity contribution >= 4 is 27.6 Å². The number of benzene rings is 1. The third kappa shape index (κ3) is 3.97. The number of fused-ring (bicyclic) bond motifs is 2. The van der Waals surface area contributed by atoms with Crippen molar-refractivity contribution in [3.05, 3.63) is 64.8 Å². The van der Waals surface area contributed by atoms with Crippen LogP contribution in [0.15, 0.2) is 40.0 Å². The van der Waals surface area contributed by atoms with Gasteiger partial charge in [0.25, 0.3) is 5.89 Å². The molecule has 2 aliphatic rings. The third-order valence-corrected chi connectivity index (χ3v) is 8.98. The first-order chi connectivity index (χ1) is 16.5. The molecule has 1 spiro atoms. The summed E-state index contributed by atoms with van der Waals surface area (Å²) in [4.78, 5) is 12.7. The van der Waals surface area contributed by atoms with Crippen LogP contribution in [0.5, 0.6) is 5.88 Å². The van der Waals surface area contributed by atoms with E-state index in [-0.39, 0.29) is 29.8 Å². The fourth-order valence-electron chi connectivity index (χ4n) is 4.12. The van der Waals surface area contributed by atoms with E-state index in [0.717, 1.165) is 11.1 Å². The summed E-state index contributed by atoms with van der Waals surface area (Å²) in [6.07, 6.45) is 4.34. The molecule has 1 aliphatic heterocycles. The number of hydrogen-bond donors (Lipinski definition) is 1. The smallest absolute Gasteiger partial charge is 0.253 e. The Morgan fingerprint density at radius 1 is 1.26 bits per heavy atom. The highest BCUT2D eigenvalue weighted by atomic mass is 32.2. The van der Waals surface area contributed by atoms with E-state index in [0.29, 0.717) is 23.8 Å². The SMILES string of the molecule is Cc1nnc(COc2cnc(/C(F)=C/c3ccc4c(c3)[C@]3(C4)CS(=O)(=O)C(C)(C)C(N)=N3)cn2)o1. The predicted octanol–water partition coefficient (Wildman–Crippen LogP) is 2.53. The molecule has 5 rings (SSSR count). The van der Waals surface area contributed by atoms with Gasteiger partial charge in [0.05, 0.1) is 18.1 Å². The second-order valence-corrected chi connectivity index (χ2v) is 11.7. The third-order valence-electron chi connectivity index (χ3n) is 6.35. The molecular weight excluding hydrogens is 475 g/mol. The van der Waals surface area contributed by atoms with E-state index in [1.807, 2.05) is 6.07 Å². The number of nitrogens with zero attached hydrogens (tertiary/aromatic N) is 5. The van der Waals surface area contributed by atoms with Crippen LogP contribution in [-0.2, 0) is 28.4 Å². The van der Waals surface area contributed by atoms with Crippen molar-refractivity contribution < 1.29 is 22.0 Å². The second-order valence-electron chi connectivity index (χ2n) is 9.13. The van der Waals surface area contributed by atoms with Gasteiger partial charge >= 0.3 is 0 Å². The zero-order chi connectivity index (χ0) is 25.0. The second kappa shape index (κ2) is 7.94. The van der Waals surface area contributed by atoms with Crippen LogP contribution in [0.3, 0.4) is 0 Å². The average Bonchev–Trinajstić information content (AvgIpc) is 3.22. The van der Waals surface area contributed by atoms with Crippen molar-refractivity contribution in [1.82, 2.24) is 20.2 Å². The maximum absolute atomic E-state index is 14.9. The van der Waals surface area contributed by atoms with Crippen LogP contribution in [0.2, 0.25) is 0 Å². The lowest BCUT2D eigenvalue weighted by molar-refractivity contribution is 0.250. The van der Waals surface area contributed by atoms with Crippen molar-refractivity contribution in [2.75, 3.05) is 5.75 Å². The molecule has 182 valence electrons. The van der Waals surface area contributed by atoms with Crippen LogP contribution in [0.1, 0.15) is 48.0 Å². The highest BCUT2D eigenvalue weighted by Gasteiger charge is 2.54. The van der Waals surface area contributed by atoms with Crippen LogP contribution in [0.25, 0.3) is 11.9 Å². The minimum absolute atomic E-state index is 0.0178. The van der Waals surface area contributed by atoms with Gasteiger partial charge in [0.1, 0.15) is 21.8 Å². The number of aliphatic imine (C=N–C) groups is 1. The summed E-state index contributed by atoms with van der Waals surface area (Å²) in [5, 5.41) is 7.52. The minimum Gasteiger partial charge on any atom is -0.466 e. The maximum atomic E-state index is 14.9. The Balaban J connectivity index is 1.35. The fraction of sp³-hybridized carbons (Fsp3) is 0.348. The summed E-state index contributed by atoms with van der Waals surface area (Å²) < 4.78 is 50.1. The maximum Gasteiger partial charge on any atom is 0.253 e. The molecule has 35 heavy (non-hydrogen) atoms. The van der Waals surface area contributed by atoms with Gasteiger partial charge in [0, 0.05) is 13.3 Å². The number of hydrogen-bond acceptors (Lipinski definition) is 10. The molecule has 0 radical (unpaired) electrons. The number of ether oxygens (including phenoxy) is 1. The summed E-state index contributed by atoms with van der Waals surface area (Å²) >= 11 is 0. The molecule has 2 N–H and O–H groups in total. The van der Waals surface area contributed by atoms with Gasteiger partial charge in [0.2, 0.25) is 11.8 Å². The van der Waals surface area contributed by atoms with Crippen LogP contribution in [-0.4, -0.2) is 44.9 Å². The van der Waals surface area contributed by atoms with Crippen molar-refractivity contribution in [3.63, 3.8) is 0 Å². The molecule has 0 unspecified atom stereocenters. The summed E-state index contributed by atoms with van der Waals surface area (Å²) in [5.41, 5.74) is 7.40. The Morgan fingerprint density at radius 3 is 2.71 bits per heavy atom. The normalized spacial score (nSPS) is 22.3. The summed E-state index contributed by atoms with van der Waals surface area (Å²) in [7, 11) is -3.51. The molecule has 0 saturated carbocycles. The zero-order valence-electron chi connectivity index (χ0n) is 19.3. The van der Waals surface area contributed by atoms with Crippen LogP contribution in [0, 0.1) is 6.92 Å². The first-order valence-corrected chi connectivity index (χ1v) is 12.5. The van der Waals surface area contributed by atoms with E-state index in [4.69, 9.17) is 14.9 Å². The first kappa shape index (κ1) is 23.1. The van der Waals surface area contributed by atoms with E-state index in [2.05, 4.69) is 25.2 Å². The van der Waals surface area contributed by atoms with Crippen molar-refractivity contribution in [2.24, 2.45) is 10.7 Å². The van der Waals surface area contributed by atoms with Crippen LogP contribution in [0.4, 0.5) is 4.39 Å². The lowest BCUT2D eigenvalue weighted by Gasteiger charge is -2.46. The van der Waals surface area contributed by atoms with E-state index in [1.165, 1.54) is 18.5 Å². The van der Waals surface area contributed by atoms with E-state index < -0.39 is 26.0 Å². The lowest BCUT2D eigenvalue weighted by Crippen LogP contribution is -2.58. The molecule has 10 nitrogen and oxygen atoms in total. The predicted molar refractivity (Wildman–Crippen MR) is 126 cm³/mol. The lowest BCUT2D eigenvalue weighted by atomic mass is 9.71. The Hall–Kier alpha value is -3.67. The zero-order valence-corrected chi connectivity index (χ0v) is 20.1.